The Bertz CT molecular complexity index is 1140. The SMILES string of the molecule is Cc1ccc(OC(F)F)c(NC(=O)c2ccccc2Cn2nc(C)c([N+](=O)[O-])c2C)c1. The van der Waals surface area contributed by atoms with E-state index in [0.29, 0.717) is 11.3 Å². The number of amides is 1. The van der Waals surface area contributed by atoms with Crippen LogP contribution in [0.25, 0.3) is 0 Å². The molecule has 31 heavy (non-hydrogen) atoms. The van der Waals surface area contributed by atoms with Crippen LogP contribution in [0.15, 0.2) is 42.5 Å². The van der Waals surface area contributed by atoms with Gasteiger partial charge in [-0.15, -0.1) is 0 Å². The van der Waals surface area contributed by atoms with E-state index in [9.17, 15) is 23.7 Å². The van der Waals surface area contributed by atoms with Gasteiger partial charge in [0.1, 0.15) is 17.1 Å². The number of hydrogen-bond donors (Lipinski definition) is 1. The molecule has 0 bridgehead atoms. The zero-order chi connectivity index (χ0) is 22.7. The quantitative estimate of drug-likeness (QED) is 0.436. The summed E-state index contributed by atoms with van der Waals surface area (Å²) < 4.78 is 31.4. The van der Waals surface area contributed by atoms with Crippen molar-refractivity contribution < 1.29 is 23.2 Å². The number of nitrogens with one attached hydrogen (secondary N) is 1. The first-order valence-electron chi connectivity index (χ1n) is 9.30. The molecule has 0 aliphatic carbocycles. The Morgan fingerprint density at radius 2 is 1.94 bits per heavy atom. The zero-order valence-electron chi connectivity index (χ0n) is 17.1. The molecule has 0 fully saturated rings. The van der Waals surface area contributed by atoms with E-state index in [1.54, 1.807) is 51.1 Å². The van der Waals surface area contributed by atoms with Crippen molar-refractivity contribution in [2.45, 2.75) is 33.9 Å². The van der Waals surface area contributed by atoms with E-state index in [1.165, 1.54) is 16.8 Å². The summed E-state index contributed by atoms with van der Waals surface area (Å²) in [5.74, 6) is -0.683. The number of carbonyl (C=O) groups excluding carboxylic acids is 1. The minimum absolute atomic E-state index is 0.0736. The first-order valence-corrected chi connectivity index (χ1v) is 9.30. The topological polar surface area (TPSA) is 99.3 Å². The second kappa shape index (κ2) is 8.90. The summed E-state index contributed by atoms with van der Waals surface area (Å²) in [6.07, 6.45) is 0. The second-order valence-corrected chi connectivity index (χ2v) is 6.92. The molecular weight excluding hydrogens is 410 g/mol. The van der Waals surface area contributed by atoms with Gasteiger partial charge in [0.05, 0.1) is 17.2 Å². The molecule has 0 aliphatic rings. The number of alkyl halides is 2. The van der Waals surface area contributed by atoms with Gasteiger partial charge in [0, 0.05) is 5.56 Å². The van der Waals surface area contributed by atoms with Crippen LogP contribution < -0.4 is 10.1 Å². The maximum Gasteiger partial charge on any atom is 0.387 e. The van der Waals surface area contributed by atoms with Gasteiger partial charge in [-0.05, 0) is 50.1 Å². The van der Waals surface area contributed by atoms with E-state index in [1.807, 2.05) is 0 Å². The summed E-state index contributed by atoms with van der Waals surface area (Å²) in [5, 5.41) is 18.1. The van der Waals surface area contributed by atoms with Gasteiger partial charge < -0.3 is 10.1 Å². The normalized spacial score (nSPS) is 10.9. The van der Waals surface area contributed by atoms with E-state index in [-0.39, 0.29) is 34.9 Å². The molecule has 1 aromatic heterocycles. The van der Waals surface area contributed by atoms with Crippen molar-refractivity contribution in [1.29, 1.82) is 0 Å². The van der Waals surface area contributed by atoms with Crippen LogP contribution in [0.2, 0.25) is 0 Å². The molecule has 3 rings (SSSR count). The van der Waals surface area contributed by atoms with Gasteiger partial charge in [-0.1, -0.05) is 24.3 Å². The smallest absolute Gasteiger partial charge is 0.387 e. The molecular formula is C21H20F2N4O4. The van der Waals surface area contributed by atoms with Crippen LogP contribution in [0.4, 0.5) is 20.2 Å². The Kier molecular flexibility index (Phi) is 6.28. The molecule has 3 aromatic rings. The predicted molar refractivity (Wildman–Crippen MR) is 110 cm³/mol. The zero-order valence-corrected chi connectivity index (χ0v) is 17.1. The van der Waals surface area contributed by atoms with E-state index >= 15 is 0 Å². The molecule has 0 saturated carbocycles. The highest BCUT2D eigenvalue weighted by molar-refractivity contribution is 6.06. The number of benzene rings is 2. The minimum atomic E-state index is -3.03. The van der Waals surface area contributed by atoms with E-state index in [4.69, 9.17) is 0 Å². The third-order valence-electron chi connectivity index (χ3n) is 4.71. The molecule has 0 aliphatic heterocycles. The van der Waals surface area contributed by atoms with Crippen LogP contribution in [0, 0.1) is 30.9 Å². The maximum absolute atomic E-state index is 12.9. The fourth-order valence-electron chi connectivity index (χ4n) is 3.28. The highest BCUT2D eigenvalue weighted by Crippen LogP contribution is 2.28. The van der Waals surface area contributed by atoms with Gasteiger partial charge in [0.15, 0.2) is 0 Å². The summed E-state index contributed by atoms with van der Waals surface area (Å²) in [7, 11) is 0. The lowest BCUT2D eigenvalue weighted by Gasteiger charge is -2.14. The van der Waals surface area contributed by atoms with Gasteiger partial charge >= 0.3 is 12.3 Å². The lowest BCUT2D eigenvalue weighted by Crippen LogP contribution is -2.17. The Morgan fingerprint density at radius 3 is 2.58 bits per heavy atom. The van der Waals surface area contributed by atoms with Gasteiger partial charge in [-0.2, -0.15) is 13.9 Å². The fraction of sp³-hybridized carbons (Fsp3) is 0.238. The van der Waals surface area contributed by atoms with E-state index in [2.05, 4.69) is 15.2 Å². The summed E-state index contributed by atoms with van der Waals surface area (Å²) in [5.41, 5.74) is 2.27. The fourth-order valence-corrected chi connectivity index (χ4v) is 3.28. The lowest BCUT2D eigenvalue weighted by molar-refractivity contribution is -0.386. The predicted octanol–water partition coefficient (Wildman–Crippen LogP) is 4.62. The molecule has 0 spiro atoms. The molecule has 1 heterocycles. The maximum atomic E-state index is 12.9. The number of hydrogen-bond acceptors (Lipinski definition) is 5. The third kappa shape index (κ3) is 4.85. The van der Waals surface area contributed by atoms with Crippen LogP contribution >= 0.6 is 0 Å². The van der Waals surface area contributed by atoms with Crippen molar-refractivity contribution in [3.63, 3.8) is 0 Å². The largest absolute Gasteiger partial charge is 0.433 e. The van der Waals surface area contributed by atoms with Crippen LogP contribution in [0.1, 0.15) is 32.9 Å². The van der Waals surface area contributed by atoms with Gasteiger partial charge in [-0.3, -0.25) is 19.6 Å². The average Bonchev–Trinajstić information content (AvgIpc) is 2.97. The second-order valence-electron chi connectivity index (χ2n) is 6.92. The van der Waals surface area contributed by atoms with Crippen LogP contribution in [0.5, 0.6) is 5.75 Å². The Balaban J connectivity index is 1.91. The molecule has 0 saturated heterocycles. The van der Waals surface area contributed by atoms with Crippen molar-refractivity contribution >= 4 is 17.3 Å². The van der Waals surface area contributed by atoms with E-state index in [0.717, 1.165) is 5.56 Å². The number of carbonyl (C=O) groups is 1. The molecule has 0 radical (unpaired) electrons. The average molecular weight is 430 g/mol. The first kappa shape index (κ1) is 21.9. The number of aryl methyl sites for hydroxylation is 2. The summed E-state index contributed by atoms with van der Waals surface area (Å²) in [4.78, 5) is 23.7. The number of anilines is 1. The standard InChI is InChI=1S/C21H20F2N4O4/c1-12-8-9-18(31-21(22)23)17(10-12)24-20(28)16-7-5-4-6-15(16)11-26-14(3)19(27(29)30)13(2)25-26/h4-10,21H,11H2,1-3H3,(H,24,28). The molecule has 1 N–H and O–H groups in total. The highest BCUT2D eigenvalue weighted by Gasteiger charge is 2.23. The van der Waals surface area contributed by atoms with Crippen molar-refractivity contribution in [3.05, 3.63) is 80.7 Å². The van der Waals surface area contributed by atoms with Gasteiger partial charge in [0.25, 0.3) is 5.91 Å². The minimum Gasteiger partial charge on any atom is -0.433 e. The van der Waals surface area contributed by atoms with Crippen LogP contribution in [-0.4, -0.2) is 27.2 Å². The highest BCUT2D eigenvalue weighted by atomic mass is 19.3. The van der Waals surface area contributed by atoms with Crippen LogP contribution in [0.3, 0.4) is 0 Å². The molecule has 8 nitrogen and oxygen atoms in total. The number of nitro groups is 1. The summed E-state index contributed by atoms with van der Waals surface area (Å²) in [6.45, 7) is 1.97. The summed E-state index contributed by atoms with van der Waals surface area (Å²) >= 11 is 0. The van der Waals surface area contributed by atoms with Crippen LogP contribution in [-0.2, 0) is 6.54 Å². The molecule has 2 aromatic carbocycles. The van der Waals surface area contributed by atoms with E-state index < -0.39 is 17.4 Å². The molecule has 0 atom stereocenters. The van der Waals surface area contributed by atoms with Crippen molar-refractivity contribution in [1.82, 2.24) is 9.78 Å². The monoisotopic (exact) mass is 430 g/mol. The third-order valence-corrected chi connectivity index (χ3v) is 4.71. The van der Waals surface area contributed by atoms with Gasteiger partial charge in [0.2, 0.25) is 0 Å². The summed E-state index contributed by atoms with van der Waals surface area (Å²) in [6, 6.07) is 11.1. The Hall–Kier alpha value is -3.82. The van der Waals surface area contributed by atoms with Crippen molar-refractivity contribution in [3.8, 4) is 5.75 Å². The molecule has 162 valence electrons. The lowest BCUT2D eigenvalue weighted by atomic mass is 10.1. The number of aromatic nitrogens is 2. The number of ether oxygens (including phenoxy) is 1. The molecule has 10 heteroatoms. The van der Waals surface area contributed by atoms with Gasteiger partial charge in [-0.25, -0.2) is 0 Å². The number of halogens is 2. The van der Waals surface area contributed by atoms with Crippen molar-refractivity contribution in [2.24, 2.45) is 0 Å². The first-order chi connectivity index (χ1) is 14.7. The Morgan fingerprint density at radius 1 is 1.23 bits per heavy atom. The Labute approximate surface area is 176 Å². The van der Waals surface area contributed by atoms with Crippen molar-refractivity contribution in [2.75, 3.05) is 5.32 Å². The number of rotatable bonds is 7. The molecule has 1 amide bonds. The molecule has 0 unspecified atom stereocenters. The number of nitrogens with zero attached hydrogens (tertiary/aromatic N) is 3.